The second-order valence-corrected chi connectivity index (χ2v) is 9.46. The number of aromatic amines is 1. The van der Waals surface area contributed by atoms with Gasteiger partial charge in [0.1, 0.15) is 18.2 Å². The molecule has 8 nitrogen and oxygen atoms in total. The third-order valence-corrected chi connectivity index (χ3v) is 7.19. The van der Waals surface area contributed by atoms with Crippen LogP contribution < -0.4 is 0 Å². The van der Waals surface area contributed by atoms with Gasteiger partial charge in [0.25, 0.3) is 5.91 Å². The number of nitrogens with zero attached hydrogens (tertiary/aromatic N) is 5. The maximum atomic E-state index is 14.5. The van der Waals surface area contributed by atoms with Crippen molar-refractivity contribution in [3.8, 4) is 11.3 Å². The van der Waals surface area contributed by atoms with E-state index in [0.717, 1.165) is 24.1 Å². The number of aliphatic hydroxyl groups is 1. The van der Waals surface area contributed by atoms with Gasteiger partial charge in [-0.15, -0.1) is 5.10 Å². The van der Waals surface area contributed by atoms with Gasteiger partial charge in [0, 0.05) is 18.5 Å². The highest BCUT2D eigenvalue weighted by atomic mass is 19.1. The molecule has 1 aliphatic carbocycles. The van der Waals surface area contributed by atoms with Crippen LogP contribution in [0.15, 0.2) is 24.3 Å². The van der Waals surface area contributed by atoms with Gasteiger partial charge in [-0.3, -0.25) is 9.89 Å². The minimum absolute atomic E-state index is 0.00401. The molecule has 186 valence electrons. The summed E-state index contributed by atoms with van der Waals surface area (Å²) in [6.45, 7) is 8.57. The molecule has 0 aliphatic heterocycles. The summed E-state index contributed by atoms with van der Waals surface area (Å²) >= 11 is 0. The lowest BCUT2D eigenvalue weighted by molar-refractivity contribution is 0.0657. The van der Waals surface area contributed by atoms with E-state index < -0.39 is 17.0 Å². The standard InChI is InChI=1S/C25H30F2N6O2/c1-5-33(24(35)23-28-20(12-34)30-32-23)13-25(14(2)3)10-9-15(4)16-11-19(29-31-22(16)25)21-17(26)7-6-8-18(21)27/h6-8,11,14-15,34H,5,9-10,12-13H2,1-4H3,(H,28,30,32)/t15-,25+/m0/s1. The van der Waals surface area contributed by atoms with Gasteiger partial charge in [0.2, 0.25) is 5.82 Å². The van der Waals surface area contributed by atoms with Crippen molar-refractivity contribution in [2.24, 2.45) is 5.92 Å². The number of amides is 1. The molecule has 0 saturated heterocycles. The Morgan fingerprint density at radius 2 is 2.00 bits per heavy atom. The number of H-pyrrole nitrogens is 1. The molecule has 1 amide bonds. The summed E-state index contributed by atoms with van der Waals surface area (Å²) in [4.78, 5) is 19.0. The van der Waals surface area contributed by atoms with Crippen LogP contribution in [-0.4, -0.2) is 54.4 Å². The van der Waals surface area contributed by atoms with Crippen LogP contribution in [0, 0.1) is 17.6 Å². The number of benzene rings is 1. The van der Waals surface area contributed by atoms with Crippen molar-refractivity contribution >= 4 is 5.91 Å². The molecular formula is C25H30F2N6O2. The minimum Gasteiger partial charge on any atom is -0.388 e. The van der Waals surface area contributed by atoms with Gasteiger partial charge in [-0.2, -0.15) is 10.2 Å². The maximum Gasteiger partial charge on any atom is 0.293 e. The number of fused-ring (bicyclic) bond motifs is 1. The Morgan fingerprint density at radius 1 is 1.29 bits per heavy atom. The summed E-state index contributed by atoms with van der Waals surface area (Å²) in [5.41, 5.74) is 1.10. The van der Waals surface area contributed by atoms with Gasteiger partial charge in [0.15, 0.2) is 5.82 Å². The predicted molar refractivity (Wildman–Crippen MR) is 125 cm³/mol. The number of carbonyl (C=O) groups excluding carboxylic acids is 1. The van der Waals surface area contributed by atoms with Crippen LogP contribution in [0.4, 0.5) is 8.78 Å². The molecule has 2 aromatic heterocycles. The summed E-state index contributed by atoms with van der Waals surface area (Å²) in [6.07, 6.45) is 1.61. The molecule has 0 saturated carbocycles. The van der Waals surface area contributed by atoms with Gasteiger partial charge < -0.3 is 10.0 Å². The molecule has 1 aliphatic rings. The quantitative estimate of drug-likeness (QED) is 0.525. The number of hydrogen-bond donors (Lipinski definition) is 2. The first kappa shape index (κ1) is 24.8. The first-order valence-corrected chi connectivity index (χ1v) is 11.9. The van der Waals surface area contributed by atoms with Crippen molar-refractivity contribution in [3.05, 3.63) is 58.8 Å². The van der Waals surface area contributed by atoms with E-state index in [-0.39, 0.29) is 47.3 Å². The third kappa shape index (κ3) is 4.42. The van der Waals surface area contributed by atoms with Crippen LogP contribution in [0.1, 0.15) is 74.2 Å². The Kier molecular flexibility index (Phi) is 6.93. The predicted octanol–water partition coefficient (Wildman–Crippen LogP) is 3.99. The Labute approximate surface area is 202 Å². The van der Waals surface area contributed by atoms with Crippen LogP contribution in [0.3, 0.4) is 0 Å². The van der Waals surface area contributed by atoms with Crippen LogP contribution in [0.2, 0.25) is 0 Å². The van der Waals surface area contributed by atoms with Crippen molar-refractivity contribution < 1.29 is 18.7 Å². The Balaban J connectivity index is 1.76. The highest BCUT2D eigenvalue weighted by molar-refractivity contribution is 5.90. The zero-order chi connectivity index (χ0) is 25.3. The zero-order valence-electron chi connectivity index (χ0n) is 20.3. The van der Waals surface area contributed by atoms with E-state index in [9.17, 15) is 18.7 Å². The van der Waals surface area contributed by atoms with E-state index in [1.54, 1.807) is 11.0 Å². The van der Waals surface area contributed by atoms with Crippen LogP contribution in [0.25, 0.3) is 11.3 Å². The fourth-order valence-electron chi connectivity index (χ4n) is 4.95. The van der Waals surface area contributed by atoms with Crippen molar-refractivity contribution in [2.75, 3.05) is 13.1 Å². The van der Waals surface area contributed by atoms with Gasteiger partial charge in [0.05, 0.1) is 17.0 Å². The smallest absolute Gasteiger partial charge is 0.293 e. The Hall–Kier alpha value is -3.27. The van der Waals surface area contributed by atoms with E-state index in [2.05, 4.69) is 46.1 Å². The number of rotatable bonds is 7. The lowest BCUT2D eigenvalue weighted by atomic mass is 9.63. The molecule has 0 spiro atoms. The average Bonchev–Trinajstić information content (AvgIpc) is 3.33. The van der Waals surface area contributed by atoms with E-state index in [1.807, 2.05) is 6.92 Å². The number of nitrogens with one attached hydrogen (secondary N) is 1. The molecule has 1 aromatic carbocycles. The number of aliphatic hydroxyl groups excluding tert-OH is 1. The second-order valence-electron chi connectivity index (χ2n) is 9.46. The van der Waals surface area contributed by atoms with Gasteiger partial charge in [-0.1, -0.05) is 26.8 Å². The van der Waals surface area contributed by atoms with Crippen LogP contribution >= 0.6 is 0 Å². The third-order valence-electron chi connectivity index (χ3n) is 7.19. The molecule has 10 heteroatoms. The number of likely N-dealkylation sites (N-methyl/N-ethyl adjacent to an activating group) is 1. The largest absolute Gasteiger partial charge is 0.388 e. The second kappa shape index (κ2) is 9.77. The van der Waals surface area contributed by atoms with E-state index in [0.29, 0.717) is 13.1 Å². The SMILES string of the molecule is CCN(C[C@@]1(C(C)C)CC[C@H](C)c2cc(-c3c(F)cccc3F)nnc21)C(=O)c1n[nH]c(CO)n1. The topological polar surface area (TPSA) is 108 Å². The zero-order valence-corrected chi connectivity index (χ0v) is 20.3. The number of aromatic nitrogens is 5. The van der Waals surface area contributed by atoms with E-state index >= 15 is 0 Å². The van der Waals surface area contributed by atoms with Crippen LogP contribution in [0.5, 0.6) is 0 Å². The monoisotopic (exact) mass is 484 g/mol. The average molecular weight is 485 g/mol. The number of halogens is 2. The number of hydrogen-bond acceptors (Lipinski definition) is 6. The first-order chi connectivity index (χ1) is 16.7. The van der Waals surface area contributed by atoms with E-state index in [4.69, 9.17) is 0 Å². The normalized spacial score (nSPS) is 19.6. The highest BCUT2D eigenvalue weighted by Gasteiger charge is 2.45. The Bertz CT molecular complexity index is 1210. The lowest BCUT2D eigenvalue weighted by Crippen LogP contribution is -2.49. The van der Waals surface area contributed by atoms with Crippen molar-refractivity contribution in [1.82, 2.24) is 30.3 Å². The molecule has 35 heavy (non-hydrogen) atoms. The highest BCUT2D eigenvalue weighted by Crippen LogP contribution is 2.47. The molecule has 2 heterocycles. The molecular weight excluding hydrogens is 454 g/mol. The lowest BCUT2D eigenvalue weighted by Gasteiger charge is -2.45. The number of carbonyl (C=O) groups is 1. The van der Waals surface area contributed by atoms with Crippen LogP contribution in [-0.2, 0) is 12.0 Å². The van der Waals surface area contributed by atoms with Crippen molar-refractivity contribution in [1.29, 1.82) is 0 Å². The summed E-state index contributed by atoms with van der Waals surface area (Å²) in [6, 6.07) is 5.47. The van der Waals surface area contributed by atoms with Crippen molar-refractivity contribution in [3.63, 3.8) is 0 Å². The maximum absolute atomic E-state index is 14.5. The Morgan fingerprint density at radius 3 is 2.60 bits per heavy atom. The summed E-state index contributed by atoms with van der Waals surface area (Å²) in [7, 11) is 0. The fourth-order valence-corrected chi connectivity index (χ4v) is 4.95. The van der Waals surface area contributed by atoms with Gasteiger partial charge >= 0.3 is 0 Å². The summed E-state index contributed by atoms with van der Waals surface area (Å²) < 4.78 is 28.9. The molecule has 0 unspecified atom stereocenters. The molecule has 0 fully saturated rings. The molecule has 3 aromatic rings. The molecule has 0 radical (unpaired) electrons. The first-order valence-electron chi connectivity index (χ1n) is 11.9. The molecule has 2 N–H and O–H groups in total. The van der Waals surface area contributed by atoms with Gasteiger partial charge in [-0.25, -0.2) is 13.8 Å². The summed E-state index contributed by atoms with van der Waals surface area (Å²) in [5.74, 6) is -1.28. The van der Waals surface area contributed by atoms with Gasteiger partial charge in [-0.05, 0) is 55.4 Å². The molecule has 4 rings (SSSR count). The van der Waals surface area contributed by atoms with Crippen molar-refractivity contribution in [2.45, 2.75) is 58.5 Å². The minimum atomic E-state index is -0.686. The van der Waals surface area contributed by atoms with E-state index in [1.165, 1.54) is 18.2 Å². The summed E-state index contributed by atoms with van der Waals surface area (Å²) in [5, 5.41) is 24.6. The fraction of sp³-hybridized carbons (Fsp3) is 0.480. The molecule has 2 atom stereocenters. The molecule has 0 bridgehead atoms.